The Kier molecular flexibility index (Phi) is 3.50. The van der Waals surface area contributed by atoms with E-state index in [4.69, 9.17) is 5.26 Å². The molecule has 0 spiro atoms. The van der Waals surface area contributed by atoms with Crippen molar-refractivity contribution in [2.45, 2.75) is 32.6 Å². The van der Waals surface area contributed by atoms with Crippen LogP contribution in [0.1, 0.15) is 43.7 Å². The molecular formula is C17H19N3O. The monoisotopic (exact) mass is 281 g/mol. The molecule has 3 atom stereocenters. The topological polar surface area (TPSA) is 65.2 Å². The fraction of sp³-hybridized carbons (Fsp3) is 0.471. The molecule has 1 aromatic carbocycles. The fourth-order valence-electron chi connectivity index (χ4n) is 3.73. The minimum atomic E-state index is 0.0503. The Balaban J connectivity index is 1.56. The average molecular weight is 281 g/mol. The number of hydrazone groups is 1. The third-order valence-electron chi connectivity index (χ3n) is 5.04. The lowest BCUT2D eigenvalue weighted by molar-refractivity contribution is -0.123. The van der Waals surface area contributed by atoms with E-state index in [1.807, 2.05) is 12.1 Å². The van der Waals surface area contributed by atoms with Crippen LogP contribution in [0.4, 0.5) is 0 Å². The number of amides is 1. The SMILES string of the molecule is C[C@]12CCCC[C@@H]1[C@@H]2C(=O)NN=Cc1ccc(C#N)cc1. The molecule has 0 heterocycles. The number of nitriles is 1. The summed E-state index contributed by atoms with van der Waals surface area (Å²) in [4.78, 5) is 12.2. The summed E-state index contributed by atoms with van der Waals surface area (Å²) in [5.41, 5.74) is 4.37. The Bertz CT molecular complexity index is 614. The van der Waals surface area contributed by atoms with Gasteiger partial charge in [0.05, 0.1) is 17.8 Å². The standard InChI is InChI=1S/C17H19N3O/c1-17-9-3-2-4-14(17)15(17)16(21)20-19-11-13-7-5-12(10-18)6-8-13/h5-8,11,14-15H,2-4,9H2,1H3,(H,20,21)/t14-,15-,17+/m1/s1. The van der Waals surface area contributed by atoms with Gasteiger partial charge in [-0.3, -0.25) is 4.79 Å². The van der Waals surface area contributed by atoms with Crippen LogP contribution in [-0.4, -0.2) is 12.1 Å². The third-order valence-corrected chi connectivity index (χ3v) is 5.04. The first kappa shape index (κ1) is 13.8. The second-order valence-corrected chi connectivity index (χ2v) is 6.30. The van der Waals surface area contributed by atoms with E-state index in [1.165, 1.54) is 19.3 Å². The molecule has 1 aromatic rings. The van der Waals surface area contributed by atoms with Crippen LogP contribution in [0.15, 0.2) is 29.4 Å². The maximum Gasteiger partial charge on any atom is 0.244 e. The minimum Gasteiger partial charge on any atom is -0.273 e. The van der Waals surface area contributed by atoms with Gasteiger partial charge in [-0.1, -0.05) is 31.9 Å². The molecule has 0 saturated heterocycles. The smallest absolute Gasteiger partial charge is 0.244 e. The van der Waals surface area contributed by atoms with Gasteiger partial charge in [-0.05, 0) is 41.9 Å². The van der Waals surface area contributed by atoms with Gasteiger partial charge in [0.25, 0.3) is 0 Å². The van der Waals surface area contributed by atoms with Crippen molar-refractivity contribution in [3.8, 4) is 6.07 Å². The van der Waals surface area contributed by atoms with E-state index in [2.05, 4.69) is 23.5 Å². The number of fused-ring (bicyclic) bond motifs is 1. The molecule has 4 nitrogen and oxygen atoms in total. The first-order valence-corrected chi connectivity index (χ1v) is 7.48. The van der Waals surface area contributed by atoms with Crippen LogP contribution in [0.5, 0.6) is 0 Å². The van der Waals surface area contributed by atoms with Gasteiger partial charge in [0.15, 0.2) is 0 Å². The highest BCUT2D eigenvalue weighted by Gasteiger charge is 2.64. The first-order chi connectivity index (χ1) is 10.1. The number of rotatable bonds is 3. The van der Waals surface area contributed by atoms with Crippen LogP contribution in [0.3, 0.4) is 0 Å². The summed E-state index contributed by atoms with van der Waals surface area (Å²) in [6, 6.07) is 9.17. The molecule has 0 aliphatic heterocycles. The van der Waals surface area contributed by atoms with E-state index in [9.17, 15) is 4.79 Å². The Morgan fingerprint density at radius 3 is 2.81 bits per heavy atom. The summed E-state index contributed by atoms with van der Waals surface area (Å²) in [7, 11) is 0. The molecule has 1 N–H and O–H groups in total. The molecule has 2 saturated carbocycles. The zero-order valence-electron chi connectivity index (χ0n) is 12.2. The minimum absolute atomic E-state index is 0.0503. The van der Waals surface area contributed by atoms with Crippen molar-refractivity contribution in [3.63, 3.8) is 0 Å². The normalized spacial score (nSPS) is 30.5. The van der Waals surface area contributed by atoms with E-state index in [1.54, 1.807) is 18.3 Å². The van der Waals surface area contributed by atoms with Crippen molar-refractivity contribution >= 4 is 12.1 Å². The van der Waals surface area contributed by atoms with Gasteiger partial charge in [0.2, 0.25) is 5.91 Å². The molecule has 0 radical (unpaired) electrons. The van der Waals surface area contributed by atoms with Crippen molar-refractivity contribution in [1.29, 1.82) is 5.26 Å². The van der Waals surface area contributed by atoms with Crippen LogP contribution in [0.2, 0.25) is 0 Å². The lowest BCUT2D eigenvalue weighted by atomic mass is 9.90. The molecular weight excluding hydrogens is 262 g/mol. The van der Waals surface area contributed by atoms with Gasteiger partial charge < -0.3 is 0 Å². The van der Waals surface area contributed by atoms with Gasteiger partial charge in [-0.25, -0.2) is 5.43 Å². The van der Waals surface area contributed by atoms with Gasteiger partial charge in [-0.15, -0.1) is 0 Å². The van der Waals surface area contributed by atoms with E-state index in [-0.39, 0.29) is 17.2 Å². The van der Waals surface area contributed by atoms with Gasteiger partial charge >= 0.3 is 0 Å². The molecule has 3 rings (SSSR count). The summed E-state index contributed by atoms with van der Waals surface area (Å²) < 4.78 is 0. The lowest BCUT2D eigenvalue weighted by Crippen LogP contribution is -2.22. The Morgan fingerprint density at radius 2 is 2.19 bits per heavy atom. The Hall–Kier alpha value is -2.15. The van der Waals surface area contributed by atoms with Crippen LogP contribution >= 0.6 is 0 Å². The highest BCUT2D eigenvalue weighted by Crippen LogP contribution is 2.66. The highest BCUT2D eigenvalue weighted by molar-refractivity contribution is 5.85. The van der Waals surface area contributed by atoms with Gasteiger partial charge in [-0.2, -0.15) is 10.4 Å². The number of carbonyl (C=O) groups excluding carboxylic acids is 1. The molecule has 0 aromatic heterocycles. The molecule has 2 aliphatic rings. The quantitative estimate of drug-likeness (QED) is 0.684. The molecule has 2 fully saturated rings. The van der Waals surface area contributed by atoms with Crippen molar-refractivity contribution in [2.24, 2.45) is 22.4 Å². The maximum absolute atomic E-state index is 12.2. The molecule has 2 aliphatic carbocycles. The number of benzene rings is 1. The van der Waals surface area contributed by atoms with Crippen LogP contribution in [0.25, 0.3) is 0 Å². The summed E-state index contributed by atoms with van der Waals surface area (Å²) in [5, 5.41) is 12.8. The molecule has 21 heavy (non-hydrogen) atoms. The van der Waals surface area contributed by atoms with Crippen LogP contribution in [0, 0.1) is 28.6 Å². The van der Waals surface area contributed by atoms with Crippen molar-refractivity contribution in [3.05, 3.63) is 35.4 Å². The Labute approximate surface area is 124 Å². The second-order valence-electron chi connectivity index (χ2n) is 6.30. The van der Waals surface area contributed by atoms with Crippen molar-refractivity contribution < 1.29 is 4.79 Å². The zero-order valence-corrected chi connectivity index (χ0v) is 12.2. The second kappa shape index (κ2) is 5.33. The fourth-order valence-corrected chi connectivity index (χ4v) is 3.73. The molecule has 0 bridgehead atoms. The predicted octanol–water partition coefficient (Wildman–Crippen LogP) is 2.83. The largest absolute Gasteiger partial charge is 0.273 e. The highest BCUT2D eigenvalue weighted by atomic mass is 16.2. The Morgan fingerprint density at radius 1 is 1.43 bits per heavy atom. The summed E-state index contributed by atoms with van der Waals surface area (Å²) in [6.07, 6.45) is 6.44. The first-order valence-electron chi connectivity index (χ1n) is 7.48. The van der Waals surface area contributed by atoms with Crippen LogP contribution in [-0.2, 0) is 4.79 Å². The number of hydrogen-bond donors (Lipinski definition) is 1. The zero-order chi connectivity index (χ0) is 14.9. The van der Waals surface area contributed by atoms with E-state index in [0.717, 1.165) is 12.0 Å². The number of carbonyl (C=O) groups is 1. The number of nitrogens with one attached hydrogen (secondary N) is 1. The average Bonchev–Trinajstić information content (AvgIpc) is 3.13. The van der Waals surface area contributed by atoms with E-state index < -0.39 is 0 Å². The summed E-state index contributed by atoms with van der Waals surface area (Å²) in [5.74, 6) is 0.740. The van der Waals surface area contributed by atoms with Crippen molar-refractivity contribution in [2.75, 3.05) is 0 Å². The van der Waals surface area contributed by atoms with E-state index in [0.29, 0.717) is 11.5 Å². The molecule has 108 valence electrons. The number of nitrogens with zero attached hydrogens (tertiary/aromatic N) is 2. The van der Waals surface area contributed by atoms with Gasteiger partial charge in [0.1, 0.15) is 0 Å². The van der Waals surface area contributed by atoms with E-state index >= 15 is 0 Å². The molecule has 1 amide bonds. The maximum atomic E-state index is 12.2. The number of hydrogen-bond acceptors (Lipinski definition) is 3. The summed E-state index contributed by atoms with van der Waals surface area (Å²) in [6.45, 7) is 2.23. The van der Waals surface area contributed by atoms with Crippen LogP contribution < -0.4 is 5.43 Å². The van der Waals surface area contributed by atoms with Crippen molar-refractivity contribution in [1.82, 2.24) is 5.43 Å². The lowest BCUT2D eigenvalue weighted by Gasteiger charge is -2.15. The third kappa shape index (κ3) is 2.56. The predicted molar refractivity (Wildman–Crippen MR) is 80.4 cm³/mol. The summed E-state index contributed by atoms with van der Waals surface area (Å²) >= 11 is 0. The molecule has 4 heteroatoms. The van der Waals surface area contributed by atoms with Gasteiger partial charge in [0, 0.05) is 5.92 Å². The molecule has 0 unspecified atom stereocenters.